The smallest absolute Gasteiger partial charge is 0.271 e. The molecule has 100 valence electrons. The number of rotatable bonds is 4. The van der Waals surface area contributed by atoms with Crippen LogP contribution in [0, 0.1) is 3.57 Å². The summed E-state index contributed by atoms with van der Waals surface area (Å²) in [4.78, 5) is 11.2. The lowest BCUT2D eigenvalue weighted by molar-refractivity contribution is 0.0996. The molecule has 0 unspecified atom stereocenters. The Hall–Kier alpha value is -1.84. The number of halogens is 1. The molecule has 1 aromatic heterocycles. The van der Waals surface area contributed by atoms with E-state index in [-0.39, 0.29) is 11.4 Å². The topological polar surface area (TPSA) is 114 Å². The number of aromatic amines is 1. The molecule has 0 radical (unpaired) electrons. The molecule has 0 aliphatic carbocycles. The predicted molar refractivity (Wildman–Crippen MR) is 75.9 cm³/mol. The molecule has 2 aromatic rings. The van der Waals surface area contributed by atoms with Gasteiger partial charge in [-0.2, -0.15) is 15.4 Å². The van der Waals surface area contributed by atoms with Gasteiger partial charge < -0.3 is 15.6 Å². The predicted octanol–water partition coefficient (Wildman–Crippen LogP) is 1.28. The van der Waals surface area contributed by atoms with Crippen molar-refractivity contribution in [1.82, 2.24) is 15.4 Å². The van der Waals surface area contributed by atoms with E-state index in [1.165, 1.54) is 0 Å². The van der Waals surface area contributed by atoms with E-state index >= 15 is 0 Å². The van der Waals surface area contributed by atoms with E-state index < -0.39 is 5.91 Å². The number of nitrogens with one attached hydrogen (secondary N) is 1. The first-order valence-electron chi connectivity index (χ1n) is 5.40. The van der Waals surface area contributed by atoms with Gasteiger partial charge in [-0.1, -0.05) is 0 Å². The van der Waals surface area contributed by atoms with Gasteiger partial charge in [0.05, 0.1) is 10.2 Å². The molecule has 1 aromatic carbocycles. The summed E-state index contributed by atoms with van der Waals surface area (Å²) in [6.45, 7) is 2.22. The number of phenols is 1. The molecule has 7 nitrogen and oxygen atoms in total. The summed E-state index contributed by atoms with van der Waals surface area (Å²) in [6, 6.07) is 3.26. The number of H-pyrrole nitrogens is 1. The normalized spacial score (nSPS) is 10.4. The van der Waals surface area contributed by atoms with Gasteiger partial charge in [0.25, 0.3) is 5.91 Å². The van der Waals surface area contributed by atoms with Crippen LogP contribution in [-0.4, -0.2) is 33.0 Å². The molecule has 0 saturated heterocycles. The quantitative estimate of drug-likeness (QED) is 0.698. The molecule has 2 rings (SSSR count). The highest BCUT2D eigenvalue weighted by Gasteiger charge is 2.18. The fourth-order valence-corrected chi connectivity index (χ4v) is 2.18. The third-order valence-corrected chi connectivity index (χ3v) is 3.21. The Kier molecular flexibility index (Phi) is 3.88. The number of aromatic hydroxyl groups is 1. The second kappa shape index (κ2) is 5.43. The lowest BCUT2D eigenvalue weighted by Gasteiger charge is -2.09. The number of aromatic nitrogens is 3. The lowest BCUT2D eigenvalue weighted by atomic mass is 10.1. The van der Waals surface area contributed by atoms with Crippen molar-refractivity contribution in [3.05, 3.63) is 21.4 Å². The van der Waals surface area contributed by atoms with Crippen LogP contribution in [0.25, 0.3) is 11.3 Å². The molecule has 0 atom stereocenters. The standard InChI is InChI=1S/C11H11IN4O3/c1-2-19-7-4-5(3-6(12)10(7)17)8-9(11(13)18)15-16-14-8/h3-4,17H,2H2,1H3,(H2,13,18)(H,14,15,16). The Morgan fingerprint density at radius 2 is 2.26 bits per heavy atom. The number of nitrogens with two attached hydrogens (primary N) is 1. The zero-order chi connectivity index (χ0) is 14.0. The molecule has 4 N–H and O–H groups in total. The minimum Gasteiger partial charge on any atom is -0.504 e. The fraction of sp³-hybridized carbons (Fsp3) is 0.182. The maximum absolute atomic E-state index is 11.2. The van der Waals surface area contributed by atoms with Crippen LogP contribution in [-0.2, 0) is 0 Å². The molecule has 0 aliphatic heterocycles. The van der Waals surface area contributed by atoms with Crippen LogP contribution in [0.5, 0.6) is 11.5 Å². The second-order valence-corrected chi connectivity index (χ2v) is 4.79. The molecule has 0 aliphatic rings. The van der Waals surface area contributed by atoms with Crippen LogP contribution in [0.1, 0.15) is 17.4 Å². The van der Waals surface area contributed by atoms with E-state index in [0.29, 0.717) is 27.2 Å². The summed E-state index contributed by atoms with van der Waals surface area (Å²) < 4.78 is 5.91. The molecule has 1 heterocycles. The Bertz CT molecular complexity index is 626. The van der Waals surface area contributed by atoms with E-state index in [1.807, 2.05) is 29.5 Å². The molecular formula is C11H11IN4O3. The summed E-state index contributed by atoms with van der Waals surface area (Å²) in [5.74, 6) is -0.303. The summed E-state index contributed by atoms with van der Waals surface area (Å²) in [6.07, 6.45) is 0. The molecule has 0 bridgehead atoms. The fourth-order valence-electron chi connectivity index (χ4n) is 1.58. The molecular weight excluding hydrogens is 363 g/mol. The summed E-state index contributed by atoms with van der Waals surface area (Å²) in [5.41, 5.74) is 6.18. The number of primary amides is 1. The number of ether oxygens (including phenoxy) is 1. The first-order valence-corrected chi connectivity index (χ1v) is 6.48. The van der Waals surface area contributed by atoms with Crippen LogP contribution < -0.4 is 10.5 Å². The summed E-state index contributed by atoms with van der Waals surface area (Å²) >= 11 is 1.96. The third-order valence-electron chi connectivity index (χ3n) is 2.38. The van der Waals surface area contributed by atoms with Gasteiger partial charge in [0.1, 0.15) is 5.69 Å². The largest absolute Gasteiger partial charge is 0.504 e. The average Bonchev–Trinajstić information content (AvgIpc) is 2.84. The first-order chi connectivity index (χ1) is 9.04. The maximum Gasteiger partial charge on any atom is 0.271 e. The number of benzene rings is 1. The number of hydrogen-bond acceptors (Lipinski definition) is 5. The van der Waals surface area contributed by atoms with Gasteiger partial charge in [0.15, 0.2) is 17.2 Å². The van der Waals surface area contributed by atoms with Crippen molar-refractivity contribution in [2.75, 3.05) is 6.61 Å². The second-order valence-electron chi connectivity index (χ2n) is 3.62. The highest BCUT2D eigenvalue weighted by Crippen LogP contribution is 2.36. The highest BCUT2D eigenvalue weighted by atomic mass is 127. The zero-order valence-electron chi connectivity index (χ0n) is 9.98. The van der Waals surface area contributed by atoms with Crippen molar-refractivity contribution in [1.29, 1.82) is 0 Å². The van der Waals surface area contributed by atoms with Crippen molar-refractivity contribution in [3.8, 4) is 22.8 Å². The summed E-state index contributed by atoms with van der Waals surface area (Å²) in [5, 5.41) is 19.8. The van der Waals surface area contributed by atoms with Crippen molar-refractivity contribution < 1.29 is 14.6 Å². The molecule has 0 saturated carbocycles. The van der Waals surface area contributed by atoms with Crippen LogP contribution in [0.2, 0.25) is 0 Å². The minimum absolute atomic E-state index is 0.0453. The summed E-state index contributed by atoms with van der Waals surface area (Å²) in [7, 11) is 0. The van der Waals surface area contributed by atoms with Crippen LogP contribution in [0.15, 0.2) is 12.1 Å². The van der Waals surface area contributed by atoms with Crippen molar-refractivity contribution >= 4 is 28.5 Å². The van der Waals surface area contributed by atoms with Crippen molar-refractivity contribution in [3.63, 3.8) is 0 Å². The Morgan fingerprint density at radius 3 is 2.89 bits per heavy atom. The molecule has 0 fully saturated rings. The van der Waals surface area contributed by atoms with E-state index in [2.05, 4.69) is 15.4 Å². The highest BCUT2D eigenvalue weighted by molar-refractivity contribution is 14.1. The minimum atomic E-state index is -0.676. The van der Waals surface area contributed by atoms with Crippen molar-refractivity contribution in [2.24, 2.45) is 5.73 Å². The van der Waals surface area contributed by atoms with Crippen LogP contribution in [0.3, 0.4) is 0 Å². The van der Waals surface area contributed by atoms with Gasteiger partial charge in [-0.25, -0.2) is 0 Å². The first kappa shape index (κ1) is 13.6. The number of carbonyl (C=O) groups excluding carboxylic acids is 1. The third kappa shape index (κ3) is 2.62. The Balaban J connectivity index is 2.56. The molecule has 1 amide bonds. The zero-order valence-corrected chi connectivity index (χ0v) is 12.1. The molecule has 19 heavy (non-hydrogen) atoms. The Labute approximate surface area is 122 Å². The van der Waals surface area contributed by atoms with Gasteiger partial charge in [-0.15, -0.1) is 0 Å². The van der Waals surface area contributed by atoms with Gasteiger partial charge in [-0.05, 0) is 41.6 Å². The lowest BCUT2D eigenvalue weighted by Crippen LogP contribution is -2.12. The van der Waals surface area contributed by atoms with Crippen molar-refractivity contribution in [2.45, 2.75) is 6.92 Å². The van der Waals surface area contributed by atoms with E-state index in [4.69, 9.17) is 10.5 Å². The number of phenolic OH excluding ortho intramolecular Hbond substituents is 1. The molecule has 8 heteroatoms. The number of carbonyl (C=O) groups is 1. The monoisotopic (exact) mass is 374 g/mol. The van der Waals surface area contributed by atoms with Gasteiger partial charge in [0.2, 0.25) is 0 Å². The van der Waals surface area contributed by atoms with E-state index in [0.717, 1.165) is 0 Å². The average molecular weight is 374 g/mol. The SMILES string of the molecule is CCOc1cc(-c2n[nH]nc2C(N)=O)cc(I)c1O. The van der Waals surface area contributed by atoms with E-state index in [1.54, 1.807) is 12.1 Å². The Morgan fingerprint density at radius 1 is 1.53 bits per heavy atom. The van der Waals surface area contributed by atoms with Gasteiger partial charge >= 0.3 is 0 Å². The number of hydrogen-bond donors (Lipinski definition) is 3. The van der Waals surface area contributed by atoms with Gasteiger partial charge in [0, 0.05) is 5.56 Å². The maximum atomic E-state index is 11.2. The van der Waals surface area contributed by atoms with Crippen LogP contribution >= 0.6 is 22.6 Å². The number of nitrogens with zero attached hydrogens (tertiary/aromatic N) is 2. The molecule has 0 spiro atoms. The van der Waals surface area contributed by atoms with Gasteiger partial charge in [-0.3, -0.25) is 4.79 Å². The van der Waals surface area contributed by atoms with E-state index in [9.17, 15) is 9.90 Å². The van der Waals surface area contributed by atoms with Crippen LogP contribution in [0.4, 0.5) is 0 Å². The number of amides is 1.